The van der Waals surface area contributed by atoms with Crippen molar-refractivity contribution in [1.82, 2.24) is 4.90 Å². The number of anilines is 6. The molecule has 1 atom stereocenters. The van der Waals surface area contributed by atoms with Crippen LogP contribution in [0.2, 0.25) is 0 Å². The van der Waals surface area contributed by atoms with Crippen molar-refractivity contribution >= 4 is 45.9 Å². The first kappa shape index (κ1) is 65.3. The molecule has 10 aromatic rings. The fourth-order valence-corrected chi connectivity index (χ4v) is 13.6. The Labute approximate surface area is 645 Å². The number of rotatable bonds is 12. The van der Waals surface area contributed by atoms with E-state index in [2.05, 4.69) is 293 Å². The quantitative estimate of drug-likeness (QED) is 0.119. The number of nitrogens with zero attached hydrogens (tertiary/aromatic N) is 7. The van der Waals surface area contributed by atoms with Crippen molar-refractivity contribution in [1.29, 1.82) is 0 Å². The molecule has 7 nitrogen and oxygen atoms in total. The van der Waals surface area contributed by atoms with Gasteiger partial charge in [-0.1, -0.05) is 287 Å². The zero-order valence-electron chi connectivity index (χ0n) is 80.1. The minimum atomic E-state index is -3.21. The van der Waals surface area contributed by atoms with E-state index in [-0.39, 0.29) is 22.2 Å². The van der Waals surface area contributed by atoms with E-state index in [1.807, 2.05) is 102 Å². The maximum atomic E-state index is 8.40. The predicted octanol–water partition coefficient (Wildman–Crippen LogP) is 24.2. The lowest BCUT2D eigenvalue weighted by Crippen LogP contribution is -2.23. The van der Waals surface area contributed by atoms with E-state index in [1.165, 1.54) is 125 Å². The molecule has 0 bridgehead atoms. The van der Waals surface area contributed by atoms with E-state index < -0.39 is 39.2 Å². The van der Waals surface area contributed by atoms with Gasteiger partial charge in [0.2, 0.25) is 0 Å². The SMILES string of the molecule is CC(C)c1cccc(C(C)C)c1N(C)C.CC1(C)c2ccccc2Sc2ccccc21.CN(C)C.CN(C)c1c(-c2ccccc2)cccc1-c1ccccc1.CN(C)c1ccccc1.Cc1cccc(C)c1N(C)C.[2H]C([2H])([2H])C([2H])(C)c1cccc(C([2H])(C([2H])([2H])[2H])C([2H])([2H])[2H])c1N(C)C.[2H]C([2H])([2H])c1cccc(C)c1N(C)C. The van der Waals surface area contributed by atoms with Gasteiger partial charge in [-0.15, -0.1) is 0 Å². The summed E-state index contributed by atoms with van der Waals surface area (Å²) in [5.41, 5.74) is 20.6. The van der Waals surface area contributed by atoms with Gasteiger partial charge in [0.05, 0.1) is 5.69 Å². The summed E-state index contributed by atoms with van der Waals surface area (Å²) in [5, 5.41) is 0. The van der Waals surface area contributed by atoms with Crippen molar-refractivity contribution < 1.29 is 19.2 Å². The van der Waals surface area contributed by atoms with Crippen LogP contribution in [0, 0.1) is 27.6 Å². The fraction of sp³-hybridized carbons (Fsp3) is 0.362. The summed E-state index contributed by atoms with van der Waals surface area (Å²) in [6.07, 6.45) is 0. The molecular formula is C94H129N7S. The Morgan fingerprint density at radius 2 is 0.618 bits per heavy atom. The van der Waals surface area contributed by atoms with Crippen LogP contribution in [0.25, 0.3) is 22.3 Å². The van der Waals surface area contributed by atoms with E-state index in [1.54, 1.807) is 12.1 Å². The van der Waals surface area contributed by atoms with Crippen LogP contribution in [0.15, 0.2) is 240 Å². The Balaban J connectivity index is 0.000000289. The Bertz CT molecular complexity index is 4480. The summed E-state index contributed by atoms with van der Waals surface area (Å²) in [4.78, 5) is 16.7. The number of hydrogen-bond donors (Lipinski definition) is 0. The third kappa shape index (κ3) is 25.4. The predicted molar refractivity (Wildman–Crippen MR) is 460 cm³/mol. The minimum absolute atomic E-state index is 0.0524. The first-order chi connectivity index (χ1) is 53.7. The van der Waals surface area contributed by atoms with Gasteiger partial charge in [-0.3, -0.25) is 0 Å². The van der Waals surface area contributed by atoms with Gasteiger partial charge >= 0.3 is 0 Å². The highest BCUT2D eigenvalue weighted by atomic mass is 32.2. The van der Waals surface area contributed by atoms with E-state index >= 15 is 0 Å². The largest absolute Gasteiger partial charge is 0.378 e. The number of fused-ring (bicyclic) bond motifs is 2. The molecule has 0 aromatic heterocycles. The van der Waals surface area contributed by atoms with Gasteiger partial charge in [-0.05, 0) is 163 Å². The van der Waals surface area contributed by atoms with Crippen LogP contribution < -0.4 is 29.4 Å². The normalized spacial score (nSPS) is 14.5. The monoisotopic (exact) mass is 1400 g/mol. The van der Waals surface area contributed by atoms with Crippen LogP contribution in [0.1, 0.15) is 167 Å². The minimum Gasteiger partial charge on any atom is -0.378 e. The molecule has 546 valence electrons. The summed E-state index contributed by atoms with van der Waals surface area (Å²) in [6, 6.07) is 77.6. The molecule has 11 rings (SSSR count). The molecule has 0 spiro atoms. The van der Waals surface area contributed by atoms with Crippen LogP contribution >= 0.6 is 11.8 Å². The van der Waals surface area contributed by atoms with E-state index in [9.17, 15) is 0 Å². The molecule has 0 fully saturated rings. The van der Waals surface area contributed by atoms with Gasteiger partial charge in [-0.25, -0.2) is 0 Å². The molecule has 0 N–H and O–H groups in total. The smallest absolute Gasteiger partial charge is 0.0520 e. The van der Waals surface area contributed by atoms with Crippen LogP contribution in [0.3, 0.4) is 0 Å². The summed E-state index contributed by atoms with van der Waals surface area (Å²) < 4.78 is 108. The summed E-state index contributed by atoms with van der Waals surface area (Å²) >= 11 is 1.88. The molecule has 0 saturated heterocycles. The molecule has 0 aliphatic carbocycles. The summed E-state index contributed by atoms with van der Waals surface area (Å²) in [7, 11) is 29.4. The second-order valence-electron chi connectivity index (χ2n) is 28.2. The number of para-hydroxylation sites is 6. The zero-order chi connectivity index (χ0) is 88.0. The van der Waals surface area contributed by atoms with Crippen molar-refractivity contribution in [3.8, 4) is 22.3 Å². The van der Waals surface area contributed by atoms with Crippen LogP contribution in [-0.2, 0) is 5.41 Å². The van der Waals surface area contributed by atoms with Crippen molar-refractivity contribution in [2.75, 3.05) is 135 Å². The van der Waals surface area contributed by atoms with E-state index in [0.717, 1.165) is 18.2 Å². The molecule has 1 aliphatic rings. The van der Waals surface area contributed by atoms with Crippen LogP contribution in [0.5, 0.6) is 0 Å². The van der Waals surface area contributed by atoms with Gasteiger partial charge in [0.25, 0.3) is 0 Å². The van der Waals surface area contributed by atoms with Crippen molar-refractivity contribution in [3.05, 3.63) is 286 Å². The van der Waals surface area contributed by atoms with E-state index in [0.29, 0.717) is 17.4 Å². The molecule has 0 amide bonds. The number of benzene rings is 10. The first-order valence-electron chi connectivity index (χ1n) is 42.0. The molecule has 0 saturated carbocycles. The molecule has 1 unspecified atom stereocenters. The molecule has 0 radical (unpaired) electrons. The van der Waals surface area contributed by atoms with Gasteiger partial charge < -0.3 is 34.3 Å². The Morgan fingerprint density at radius 1 is 0.314 bits per heavy atom. The lowest BCUT2D eigenvalue weighted by Gasteiger charge is -2.34. The molecule has 10 aromatic carbocycles. The van der Waals surface area contributed by atoms with Gasteiger partial charge in [-0.2, -0.15) is 0 Å². The highest BCUT2D eigenvalue weighted by Crippen LogP contribution is 2.49. The van der Waals surface area contributed by atoms with Crippen molar-refractivity contribution in [3.63, 3.8) is 0 Å². The molecule has 8 heteroatoms. The summed E-state index contributed by atoms with van der Waals surface area (Å²) in [5.74, 6) is -3.95. The maximum Gasteiger partial charge on any atom is 0.0520 e. The average molecular weight is 1400 g/mol. The standard InChI is InChI=1S/C20H19N.C15H14S.2C14H23N.2C10H15N.C8H11N.C3H9N/c1-21(2)20-18(16-10-5-3-6-11-16)14-9-15-19(20)17-12-7-4-8-13-17;1-15(2)11-7-3-5-9-13(11)16-14-10-6-4-8-12(14)15;2*1-10(2)12-8-7-9-13(11(3)4)14(12)15(5)6;2*1-8-6-5-7-9(2)10(8)11(3)4;1-9(2)8-6-4-3-5-7-8;1-4(2)3/h3-15H,1-2H3;3-10H,1-2H3;2*7-11H,1-6H3;2*5-7H,1-4H3;3-7H,1-2H3;1-3H3/i;;1D3,2D3,3D3,10D,11D;;1D3;;;. The second-order valence-corrected chi connectivity index (χ2v) is 29.3. The lowest BCUT2D eigenvalue weighted by atomic mass is 9.78. The maximum absolute atomic E-state index is 8.40. The molecule has 1 aliphatic heterocycles. The molecule has 1 heterocycles. The summed E-state index contributed by atoms with van der Waals surface area (Å²) in [6.45, 7) is 9.80. The lowest BCUT2D eigenvalue weighted by molar-refractivity contribution is 0.505. The second kappa shape index (κ2) is 42.0. The highest BCUT2D eigenvalue weighted by molar-refractivity contribution is 7.99. The van der Waals surface area contributed by atoms with Gasteiger partial charge in [0.15, 0.2) is 0 Å². The van der Waals surface area contributed by atoms with Crippen LogP contribution in [-0.4, -0.2) is 111 Å². The zero-order valence-corrected chi connectivity index (χ0v) is 66.9. The average Bonchev–Trinajstić information content (AvgIpc) is 0.729. The van der Waals surface area contributed by atoms with Gasteiger partial charge in [0, 0.05) is 159 Å². The topological polar surface area (TPSA) is 22.7 Å². The highest BCUT2D eigenvalue weighted by Gasteiger charge is 2.32. The fourth-order valence-electron chi connectivity index (χ4n) is 12.2. The first-order valence-corrected chi connectivity index (χ1v) is 35.8. The third-order valence-corrected chi connectivity index (χ3v) is 17.9. The Hall–Kier alpha value is -8.69. The molecule has 102 heavy (non-hydrogen) atoms. The third-order valence-electron chi connectivity index (χ3n) is 16.8. The number of aryl methyl sites for hydroxylation is 4. The Kier molecular flexibility index (Phi) is 26.9. The van der Waals surface area contributed by atoms with E-state index in [4.69, 9.17) is 19.2 Å². The number of hydrogen-bond acceptors (Lipinski definition) is 8. The molecular weight excluding hydrogens is 1260 g/mol. The van der Waals surface area contributed by atoms with Crippen molar-refractivity contribution in [2.24, 2.45) is 0 Å². The van der Waals surface area contributed by atoms with Crippen molar-refractivity contribution in [2.45, 2.75) is 135 Å². The van der Waals surface area contributed by atoms with Gasteiger partial charge in [0.1, 0.15) is 0 Å². The van der Waals surface area contributed by atoms with Crippen LogP contribution in [0.4, 0.5) is 34.1 Å². The Morgan fingerprint density at radius 3 is 0.941 bits per heavy atom.